The van der Waals surface area contributed by atoms with Crippen LogP contribution in [0.4, 0.5) is 0 Å². The molecule has 7 N–H and O–H groups in total. The molecule has 0 bridgehead atoms. The molecule has 6 aromatic rings. The van der Waals surface area contributed by atoms with Crippen LogP contribution in [0.5, 0.6) is 11.5 Å². The quantitative estimate of drug-likeness (QED) is 0.0727. The summed E-state index contributed by atoms with van der Waals surface area (Å²) in [5.74, 6) is -1.24. The van der Waals surface area contributed by atoms with Gasteiger partial charge < -0.3 is 40.8 Å². The second kappa shape index (κ2) is 16.4. The molecule has 0 aliphatic heterocycles. The van der Waals surface area contributed by atoms with Gasteiger partial charge in [-0.05, 0) is 77.2 Å². The lowest BCUT2D eigenvalue weighted by Crippen LogP contribution is -2.36. The predicted molar refractivity (Wildman–Crippen MR) is 200 cm³/mol. The maximum Gasteiger partial charge on any atom is 0.345 e. The van der Waals surface area contributed by atoms with Gasteiger partial charge in [0.1, 0.15) is 18.1 Å². The van der Waals surface area contributed by atoms with Crippen molar-refractivity contribution < 1.29 is 34.8 Å². The molecule has 0 saturated heterocycles. The molecule has 0 fully saturated rings. The van der Waals surface area contributed by atoms with Gasteiger partial charge in [-0.2, -0.15) is 0 Å². The molecule has 1 aromatic heterocycles. The Bertz CT molecular complexity index is 2260. The molecule has 0 aliphatic rings. The zero-order valence-corrected chi connectivity index (χ0v) is 28.7. The summed E-state index contributed by atoms with van der Waals surface area (Å²) >= 11 is 0. The highest BCUT2D eigenvalue weighted by Crippen LogP contribution is 2.32. The highest BCUT2D eigenvalue weighted by Gasteiger charge is 2.40. The summed E-state index contributed by atoms with van der Waals surface area (Å²) in [6.07, 6.45) is -0.170. The molecule has 2 unspecified atom stereocenters. The van der Waals surface area contributed by atoms with E-state index in [9.17, 15) is 34.8 Å². The fourth-order valence-corrected chi connectivity index (χ4v) is 6.06. The first-order valence-corrected chi connectivity index (χ1v) is 17.0. The van der Waals surface area contributed by atoms with Gasteiger partial charge in [-0.25, -0.2) is 4.79 Å². The Kier molecular flexibility index (Phi) is 11.3. The number of ether oxygens (including phenoxy) is 1. The van der Waals surface area contributed by atoms with E-state index in [4.69, 9.17) is 4.74 Å². The van der Waals surface area contributed by atoms with E-state index in [2.05, 4.69) is 15.6 Å². The molecule has 270 valence electrons. The van der Waals surface area contributed by atoms with Gasteiger partial charge >= 0.3 is 5.97 Å². The Morgan fingerprint density at radius 1 is 0.792 bits per heavy atom. The predicted octanol–water partition coefficient (Wildman–Crippen LogP) is 4.93. The molecule has 0 aliphatic carbocycles. The maximum absolute atomic E-state index is 12.8. The number of aromatic nitrogens is 1. The third-order valence-corrected chi connectivity index (χ3v) is 9.04. The van der Waals surface area contributed by atoms with E-state index < -0.39 is 17.7 Å². The lowest BCUT2D eigenvalue weighted by atomic mass is 9.86. The minimum Gasteiger partial charge on any atom is -0.506 e. The maximum atomic E-state index is 12.8. The summed E-state index contributed by atoms with van der Waals surface area (Å²) in [7, 11) is 0. The number of carboxylic acid groups (broad SMARTS) is 1. The number of rotatable bonds is 15. The van der Waals surface area contributed by atoms with E-state index in [0.29, 0.717) is 47.3 Å². The molecule has 11 nitrogen and oxygen atoms in total. The third kappa shape index (κ3) is 8.62. The number of benzene rings is 5. The molecule has 1 amide bonds. The van der Waals surface area contributed by atoms with Crippen molar-refractivity contribution in [3.8, 4) is 11.5 Å². The molecule has 53 heavy (non-hydrogen) atoms. The molecular formula is C42H39N3O8. The van der Waals surface area contributed by atoms with Crippen LogP contribution < -0.4 is 20.9 Å². The number of aliphatic hydroxyl groups is 2. The van der Waals surface area contributed by atoms with Crippen molar-refractivity contribution in [2.24, 2.45) is 0 Å². The van der Waals surface area contributed by atoms with Crippen LogP contribution >= 0.6 is 0 Å². The van der Waals surface area contributed by atoms with Gasteiger partial charge in [0.25, 0.3) is 5.91 Å². The average Bonchev–Trinajstić information content (AvgIpc) is 3.18. The minimum absolute atomic E-state index is 0.0579. The van der Waals surface area contributed by atoms with Crippen LogP contribution in [-0.4, -0.2) is 50.4 Å². The lowest BCUT2D eigenvalue weighted by Gasteiger charge is -2.25. The summed E-state index contributed by atoms with van der Waals surface area (Å²) in [6, 6.07) is 35.6. The molecule has 1 heterocycles. The van der Waals surface area contributed by atoms with Gasteiger partial charge in [-0.1, -0.05) is 84.9 Å². The van der Waals surface area contributed by atoms with Gasteiger partial charge in [0, 0.05) is 35.7 Å². The van der Waals surface area contributed by atoms with Crippen molar-refractivity contribution in [2.45, 2.75) is 31.3 Å². The van der Waals surface area contributed by atoms with E-state index in [1.807, 2.05) is 36.4 Å². The Hall–Kier alpha value is -6.27. The number of H-pyrrole nitrogens is 1. The molecule has 5 aromatic carbocycles. The topological polar surface area (TPSA) is 181 Å². The number of nitrogens with one attached hydrogen (secondary N) is 3. The number of aliphatic hydroxyl groups excluding tert-OH is 1. The third-order valence-electron chi connectivity index (χ3n) is 9.04. The number of phenolic OH excluding ortho intramolecular Hbond substituents is 1. The number of carboxylic acids is 1. The normalized spacial score (nSPS) is 12.9. The minimum atomic E-state index is -2.23. The van der Waals surface area contributed by atoms with Gasteiger partial charge in [0.05, 0.1) is 11.6 Å². The molecule has 11 heteroatoms. The molecular weight excluding hydrogens is 674 g/mol. The fourth-order valence-electron chi connectivity index (χ4n) is 6.06. The van der Waals surface area contributed by atoms with Crippen molar-refractivity contribution in [2.75, 3.05) is 13.1 Å². The zero-order chi connectivity index (χ0) is 37.4. The van der Waals surface area contributed by atoms with E-state index in [1.54, 1.807) is 72.8 Å². The number of amides is 1. The zero-order valence-electron chi connectivity index (χ0n) is 28.7. The number of aromatic amines is 1. The van der Waals surface area contributed by atoms with Crippen molar-refractivity contribution in [3.63, 3.8) is 0 Å². The highest BCUT2D eigenvalue weighted by atomic mass is 16.5. The van der Waals surface area contributed by atoms with Crippen molar-refractivity contribution in [3.05, 3.63) is 177 Å². The Labute approximate surface area is 305 Å². The first-order chi connectivity index (χ1) is 25.6. The molecule has 6 rings (SSSR count). The molecule has 0 radical (unpaired) electrons. The second-order valence-electron chi connectivity index (χ2n) is 12.6. The molecule has 0 saturated carbocycles. The smallest absolute Gasteiger partial charge is 0.345 e. The van der Waals surface area contributed by atoms with E-state index >= 15 is 0 Å². The average molecular weight is 714 g/mol. The number of hydrogen-bond acceptors (Lipinski definition) is 8. The largest absolute Gasteiger partial charge is 0.506 e. The number of carbonyl (C=O) groups is 2. The SMILES string of the molecule is O=C(NCc1ccc(COc2cccc(C(O)(C(=O)O)c3ccccc3)c2)cc1)c1ccc(CCNCC(O)c2ccc(O)c3[nH]c(=O)ccc23)cc1. The number of fused-ring (bicyclic) bond motifs is 1. The van der Waals surface area contributed by atoms with Crippen molar-refractivity contribution in [1.82, 2.24) is 15.6 Å². The molecule has 2 atom stereocenters. The standard InChI is InChI=1S/C42H39N3O8/c46-36-19-17-34(35-18-20-38(48)45-39(35)36)37(47)25-43-22-21-27-13-15-30(16-14-27)40(49)44-24-28-9-11-29(12-10-28)26-53-33-8-4-7-32(23-33)42(52,41(50)51)31-5-2-1-3-6-31/h1-20,23,37,43,46-47,52H,21-22,24-26H2,(H,44,49)(H,45,48)(H,50,51). The van der Waals surface area contributed by atoms with Crippen LogP contribution in [0.1, 0.15) is 49.8 Å². The van der Waals surface area contributed by atoms with Gasteiger partial charge in [0.15, 0.2) is 0 Å². The van der Waals surface area contributed by atoms with Gasteiger partial charge in [0.2, 0.25) is 11.2 Å². The van der Waals surface area contributed by atoms with Crippen LogP contribution in [0.3, 0.4) is 0 Å². The van der Waals surface area contributed by atoms with Crippen LogP contribution in [0.25, 0.3) is 10.9 Å². The van der Waals surface area contributed by atoms with Crippen LogP contribution in [0.15, 0.2) is 132 Å². The van der Waals surface area contributed by atoms with Crippen molar-refractivity contribution in [1.29, 1.82) is 0 Å². The van der Waals surface area contributed by atoms with Gasteiger partial charge in [-0.3, -0.25) is 9.59 Å². The summed E-state index contributed by atoms with van der Waals surface area (Å²) < 4.78 is 5.92. The number of pyridine rings is 1. The van der Waals surface area contributed by atoms with Crippen LogP contribution in [-0.2, 0) is 30.0 Å². The molecule has 0 spiro atoms. The second-order valence-corrected chi connectivity index (χ2v) is 12.6. The van der Waals surface area contributed by atoms with E-state index in [-0.39, 0.29) is 41.5 Å². The summed E-state index contributed by atoms with van der Waals surface area (Å²) in [4.78, 5) is 39.2. The monoisotopic (exact) mass is 713 g/mol. The number of aromatic hydroxyl groups is 1. The fraction of sp³-hybridized carbons (Fsp3) is 0.167. The summed E-state index contributed by atoms with van der Waals surface area (Å²) in [5.41, 5.74) is 2.07. The Morgan fingerprint density at radius 2 is 1.49 bits per heavy atom. The number of carbonyl (C=O) groups excluding carboxylic acids is 1. The van der Waals surface area contributed by atoms with Gasteiger partial charge in [-0.15, -0.1) is 0 Å². The Morgan fingerprint density at radius 3 is 2.23 bits per heavy atom. The first kappa shape index (κ1) is 36.5. The highest BCUT2D eigenvalue weighted by molar-refractivity contribution is 5.94. The van der Waals surface area contributed by atoms with Crippen molar-refractivity contribution >= 4 is 22.8 Å². The number of aliphatic carboxylic acids is 1. The summed E-state index contributed by atoms with van der Waals surface area (Å²) in [6.45, 7) is 1.41. The Balaban J connectivity index is 0.946. The van der Waals surface area contributed by atoms with E-state index in [0.717, 1.165) is 16.7 Å². The number of hydrogen-bond donors (Lipinski definition) is 7. The van der Waals surface area contributed by atoms with Crippen LogP contribution in [0, 0.1) is 0 Å². The first-order valence-electron chi connectivity index (χ1n) is 17.0. The van der Waals surface area contributed by atoms with Crippen LogP contribution in [0.2, 0.25) is 0 Å². The van der Waals surface area contributed by atoms with E-state index in [1.165, 1.54) is 18.2 Å². The number of phenols is 1. The summed E-state index contributed by atoms with van der Waals surface area (Å²) in [5, 5.41) is 48.6. The lowest BCUT2D eigenvalue weighted by molar-refractivity contribution is -0.155.